The molecule has 0 aliphatic heterocycles. The molecule has 22 heavy (non-hydrogen) atoms. The lowest BCUT2D eigenvalue weighted by molar-refractivity contribution is -0.134. The van der Waals surface area contributed by atoms with Gasteiger partial charge in [0.15, 0.2) is 25.1 Å². The van der Waals surface area contributed by atoms with E-state index in [-0.39, 0.29) is 13.6 Å². The molecule has 0 saturated carbocycles. The molecule has 0 aromatic heterocycles. The fourth-order valence-corrected chi connectivity index (χ4v) is 1.47. The summed E-state index contributed by atoms with van der Waals surface area (Å²) in [5, 5.41) is 0. The van der Waals surface area contributed by atoms with E-state index in [4.69, 9.17) is 18.9 Å². The van der Waals surface area contributed by atoms with Gasteiger partial charge in [-0.3, -0.25) is 0 Å². The number of methoxy groups -OCH3 is 1. The van der Waals surface area contributed by atoms with E-state index in [1.165, 1.54) is 13.2 Å². The lowest BCUT2D eigenvalue weighted by Crippen LogP contribution is -2.06. The maximum absolute atomic E-state index is 11.1. The first kappa shape index (κ1) is 18.0. The van der Waals surface area contributed by atoms with Crippen LogP contribution in [0.3, 0.4) is 0 Å². The summed E-state index contributed by atoms with van der Waals surface area (Å²) in [5.41, 5.74) is 0.778. The van der Waals surface area contributed by atoms with Gasteiger partial charge in [0.25, 0.3) is 0 Å². The van der Waals surface area contributed by atoms with E-state index < -0.39 is 5.97 Å². The van der Waals surface area contributed by atoms with Gasteiger partial charge >= 0.3 is 5.97 Å². The summed E-state index contributed by atoms with van der Waals surface area (Å²) in [4.78, 5) is 11.1. The molecule has 0 N–H and O–H groups in total. The summed E-state index contributed by atoms with van der Waals surface area (Å²) in [6.45, 7) is 5.14. The Bertz CT molecular complexity index is 484. The molecule has 0 fully saturated rings. The Balaban J connectivity index is 2.82. The molecule has 6 heteroatoms. The summed E-state index contributed by atoms with van der Waals surface area (Å²) in [6, 6.07) is 5.30. The van der Waals surface area contributed by atoms with Gasteiger partial charge in [-0.1, -0.05) is 6.07 Å². The number of benzene rings is 1. The zero-order valence-electron chi connectivity index (χ0n) is 13.2. The Morgan fingerprint density at radius 3 is 2.27 bits per heavy atom. The zero-order chi connectivity index (χ0) is 16.2. The molecule has 1 aromatic rings. The fraction of sp³-hybridized carbons (Fsp3) is 0.438. The number of carbonyl (C=O) groups excluding carboxylic acids is 1. The van der Waals surface area contributed by atoms with Gasteiger partial charge < -0.3 is 23.7 Å². The van der Waals surface area contributed by atoms with Gasteiger partial charge in [0.2, 0.25) is 0 Å². The van der Waals surface area contributed by atoms with Crippen LogP contribution in [0.4, 0.5) is 0 Å². The van der Waals surface area contributed by atoms with Crippen molar-refractivity contribution in [3.8, 4) is 11.5 Å². The number of carbonyl (C=O) groups is 1. The second kappa shape index (κ2) is 10.6. The van der Waals surface area contributed by atoms with E-state index in [1.807, 2.05) is 13.8 Å². The second-order valence-electron chi connectivity index (χ2n) is 4.07. The van der Waals surface area contributed by atoms with Gasteiger partial charge in [-0.05, 0) is 37.6 Å². The van der Waals surface area contributed by atoms with E-state index in [0.29, 0.717) is 24.7 Å². The first-order chi connectivity index (χ1) is 10.7. The first-order valence-electron chi connectivity index (χ1n) is 7.02. The molecular weight excluding hydrogens is 288 g/mol. The van der Waals surface area contributed by atoms with Gasteiger partial charge in [0.05, 0.1) is 7.11 Å². The predicted molar refractivity (Wildman–Crippen MR) is 81.7 cm³/mol. The molecule has 0 radical (unpaired) electrons. The quantitative estimate of drug-likeness (QED) is 0.286. The topological polar surface area (TPSA) is 63.2 Å². The van der Waals surface area contributed by atoms with E-state index >= 15 is 0 Å². The number of ether oxygens (including phenoxy) is 5. The minimum Gasteiger partial charge on any atom is -0.466 e. The number of hydrogen-bond acceptors (Lipinski definition) is 6. The van der Waals surface area contributed by atoms with Crippen LogP contribution in [-0.4, -0.2) is 39.9 Å². The molecule has 1 aromatic carbocycles. The van der Waals surface area contributed by atoms with Crippen LogP contribution in [0.2, 0.25) is 0 Å². The third-order valence-electron chi connectivity index (χ3n) is 2.58. The van der Waals surface area contributed by atoms with Crippen molar-refractivity contribution >= 4 is 12.0 Å². The Hall–Kier alpha value is -2.05. The number of esters is 1. The number of rotatable bonds is 10. The molecule has 0 heterocycles. The standard InChI is InChI=1S/C16H22O6/c1-4-19-11-21-14-8-6-13(7-9-16(17)18-3)10-15(14)22-12-20-5-2/h6-10H,4-5,11-12H2,1-3H3/b9-7+. The van der Waals surface area contributed by atoms with Crippen LogP contribution >= 0.6 is 0 Å². The van der Waals surface area contributed by atoms with E-state index in [1.54, 1.807) is 24.3 Å². The minimum atomic E-state index is -0.423. The van der Waals surface area contributed by atoms with Crippen molar-refractivity contribution in [3.63, 3.8) is 0 Å². The molecular formula is C16H22O6. The van der Waals surface area contributed by atoms with E-state index in [2.05, 4.69) is 4.74 Å². The maximum atomic E-state index is 11.1. The van der Waals surface area contributed by atoms with Gasteiger partial charge in [0.1, 0.15) is 0 Å². The van der Waals surface area contributed by atoms with Crippen molar-refractivity contribution in [3.05, 3.63) is 29.8 Å². The van der Waals surface area contributed by atoms with Crippen molar-refractivity contribution in [2.24, 2.45) is 0 Å². The summed E-state index contributed by atoms with van der Waals surface area (Å²) in [6.07, 6.45) is 2.97. The lowest BCUT2D eigenvalue weighted by Gasteiger charge is -2.13. The van der Waals surface area contributed by atoms with Gasteiger partial charge in [0, 0.05) is 19.3 Å². The molecule has 0 atom stereocenters. The van der Waals surface area contributed by atoms with Crippen LogP contribution < -0.4 is 9.47 Å². The van der Waals surface area contributed by atoms with E-state index in [0.717, 1.165) is 5.56 Å². The van der Waals surface area contributed by atoms with Crippen LogP contribution in [-0.2, 0) is 19.0 Å². The average Bonchev–Trinajstić information content (AvgIpc) is 2.54. The molecule has 0 saturated heterocycles. The highest BCUT2D eigenvalue weighted by atomic mass is 16.7. The summed E-state index contributed by atoms with van der Waals surface area (Å²) >= 11 is 0. The van der Waals surface area contributed by atoms with Crippen LogP contribution in [0.25, 0.3) is 6.08 Å². The smallest absolute Gasteiger partial charge is 0.330 e. The van der Waals surface area contributed by atoms with E-state index in [9.17, 15) is 4.79 Å². The highest BCUT2D eigenvalue weighted by Crippen LogP contribution is 2.29. The van der Waals surface area contributed by atoms with Crippen LogP contribution in [0.1, 0.15) is 19.4 Å². The maximum Gasteiger partial charge on any atom is 0.330 e. The highest BCUT2D eigenvalue weighted by molar-refractivity contribution is 5.87. The largest absolute Gasteiger partial charge is 0.466 e. The second-order valence-corrected chi connectivity index (χ2v) is 4.07. The van der Waals surface area contributed by atoms with Gasteiger partial charge in [-0.2, -0.15) is 0 Å². The van der Waals surface area contributed by atoms with Crippen molar-refractivity contribution in [1.82, 2.24) is 0 Å². The minimum absolute atomic E-state index is 0.117. The summed E-state index contributed by atoms with van der Waals surface area (Å²) in [5.74, 6) is 0.636. The molecule has 122 valence electrons. The van der Waals surface area contributed by atoms with Gasteiger partial charge in [-0.15, -0.1) is 0 Å². The average molecular weight is 310 g/mol. The Kier molecular flexibility index (Phi) is 8.71. The predicted octanol–water partition coefficient (Wildman–Crippen LogP) is 2.62. The monoisotopic (exact) mass is 310 g/mol. The Morgan fingerprint density at radius 2 is 1.68 bits per heavy atom. The summed E-state index contributed by atoms with van der Waals surface area (Å²) in [7, 11) is 1.33. The van der Waals surface area contributed by atoms with Crippen molar-refractivity contribution < 1.29 is 28.5 Å². The molecule has 0 unspecified atom stereocenters. The van der Waals surface area contributed by atoms with Crippen molar-refractivity contribution in [1.29, 1.82) is 0 Å². The molecule has 0 amide bonds. The normalized spacial score (nSPS) is 10.7. The molecule has 0 bridgehead atoms. The molecule has 1 rings (SSSR count). The fourth-order valence-electron chi connectivity index (χ4n) is 1.47. The van der Waals surface area contributed by atoms with Crippen LogP contribution in [0.15, 0.2) is 24.3 Å². The molecule has 0 aliphatic rings. The first-order valence-corrected chi connectivity index (χ1v) is 7.02. The van der Waals surface area contributed by atoms with Crippen molar-refractivity contribution in [2.45, 2.75) is 13.8 Å². The Labute approximate surface area is 130 Å². The SMILES string of the molecule is CCOCOc1ccc(/C=C/C(=O)OC)cc1OCOCC. The molecule has 6 nitrogen and oxygen atoms in total. The van der Waals surface area contributed by atoms with Crippen LogP contribution in [0.5, 0.6) is 11.5 Å². The highest BCUT2D eigenvalue weighted by Gasteiger charge is 2.06. The zero-order valence-corrected chi connectivity index (χ0v) is 13.2. The third-order valence-corrected chi connectivity index (χ3v) is 2.58. The lowest BCUT2D eigenvalue weighted by atomic mass is 10.2. The van der Waals surface area contributed by atoms with Crippen molar-refractivity contribution in [2.75, 3.05) is 33.9 Å². The summed E-state index contributed by atoms with van der Waals surface area (Å²) < 4.78 is 25.9. The number of hydrogen-bond donors (Lipinski definition) is 0. The Morgan fingerprint density at radius 1 is 1.05 bits per heavy atom. The van der Waals surface area contributed by atoms with Crippen LogP contribution in [0, 0.1) is 0 Å². The van der Waals surface area contributed by atoms with Gasteiger partial charge in [-0.25, -0.2) is 4.79 Å². The third kappa shape index (κ3) is 6.60. The molecule has 0 aliphatic carbocycles. The molecule has 0 spiro atoms.